The molecule has 11 heavy (non-hydrogen) atoms. The number of halogens is 1. The molecule has 1 nitrogen and oxygen atoms in total. The fourth-order valence-electron chi connectivity index (χ4n) is 0.705. The normalized spacial score (nSPS) is 8.45. The van der Waals surface area contributed by atoms with E-state index < -0.39 is 0 Å². The highest BCUT2D eigenvalue weighted by Gasteiger charge is 1.90. The summed E-state index contributed by atoms with van der Waals surface area (Å²) in [6.07, 6.45) is 0. The topological polar surface area (TPSA) is 20.2 Å². The van der Waals surface area contributed by atoms with E-state index in [4.69, 9.17) is 5.11 Å². The van der Waals surface area contributed by atoms with E-state index in [2.05, 4.69) is 48.0 Å². The van der Waals surface area contributed by atoms with Crippen molar-refractivity contribution in [1.29, 1.82) is 0 Å². The van der Waals surface area contributed by atoms with Crippen molar-refractivity contribution >= 4 is 15.9 Å². The number of aliphatic hydroxyl groups excluding tert-OH is 1. The minimum absolute atomic E-state index is 1.00. The maximum atomic E-state index is 7.00. The second-order valence-electron chi connectivity index (χ2n) is 2.23. The average Bonchev–Trinajstić information content (AvgIpc) is 2.02. The molecule has 1 N–H and O–H groups in total. The summed E-state index contributed by atoms with van der Waals surface area (Å²) in [6, 6.07) is 6.29. The van der Waals surface area contributed by atoms with Crippen molar-refractivity contribution < 1.29 is 5.11 Å². The van der Waals surface area contributed by atoms with Crippen LogP contribution in [0.1, 0.15) is 11.1 Å². The zero-order chi connectivity index (χ0) is 8.85. The zero-order valence-corrected chi connectivity index (χ0v) is 8.64. The van der Waals surface area contributed by atoms with E-state index >= 15 is 0 Å². The second-order valence-corrected chi connectivity index (χ2v) is 3.14. The number of benzene rings is 1. The first-order valence-electron chi connectivity index (χ1n) is 3.37. The number of aryl methyl sites for hydroxylation is 2. The Balaban J connectivity index is 0.000000461. The van der Waals surface area contributed by atoms with Crippen LogP contribution in [0.4, 0.5) is 0 Å². The van der Waals surface area contributed by atoms with Gasteiger partial charge in [0, 0.05) is 11.6 Å². The van der Waals surface area contributed by atoms with Gasteiger partial charge in [-0.2, -0.15) is 0 Å². The predicted molar refractivity (Wildman–Crippen MR) is 51.8 cm³/mol. The number of hydrogen-bond acceptors (Lipinski definition) is 1. The molecule has 0 aliphatic heterocycles. The molecule has 0 aliphatic carbocycles. The van der Waals surface area contributed by atoms with Crippen molar-refractivity contribution in [1.82, 2.24) is 0 Å². The van der Waals surface area contributed by atoms with E-state index in [1.54, 1.807) is 0 Å². The van der Waals surface area contributed by atoms with Gasteiger partial charge < -0.3 is 5.11 Å². The Hall–Kier alpha value is -0.340. The van der Waals surface area contributed by atoms with Crippen LogP contribution in [0.2, 0.25) is 0 Å². The van der Waals surface area contributed by atoms with Gasteiger partial charge in [0.1, 0.15) is 0 Å². The van der Waals surface area contributed by atoms with Crippen LogP contribution in [0, 0.1) is 13.8 Å². The molecule has 0 aliphatic rings. The van der Waals surface area contributed by atoms with Crippen molar-refractivity contribution in [2.45, 2.75) is 13.8 Å². The van der Waals surface area contributed by atoms with Crippen LogP contribution in [0.25, 0.3) is 0 Å². The molecule has 62 valence electrons. The fourth-order valence-corrected chi connectivity index (χ4v) is 1.18. The standard InChI is InChI=1S/C8H9Br.CH4O/c1-6-3-4-8(9)5-7(6)2;1-2/h3-5H,1-2H3;2H,1H3. The molecule has 0 saturated heterocycles. The van der Waals surface area contributed by atoms with Crippen LogP contribution in [-0.2, 0) is 0 Å². The molecule has 0 unspecified atom stereocenters. The molecule has 0 saturated carbocycles. The lowest BCUT2D eigenvalue weighted by Crippen LogP contribution is -1.77. The molecule has 0 amide bonds. The summed E-state index contributed by atoms with van der Waals surface area (Å²) in [7, 11) is 1.00. The van der Waals surface area contributed by atoms with E-state index in [1.165, 1.54) is 11.1 Å². The van der Waals surface area contributed by atoms with Crippen molar-refractivity contribution in [3.8, 4) is 0 Å². The molecule has 0 spiro atoms. The molecule has 1 rings (SSSR count). The average molecular weight is 217 g/mol. The third-order valence-corrected chi connectivity index (χ3v) is 1.96. The van der Waals surface area contributed by atoms with Crippen LogP contribution in [0.15, 0.2) is 22.7 Å². The van der Waals surface area contributed by atoms with E-state index in [-0.39, 0.29) is 0 Å². The molecule has 0 atom stereocenters. The number of hydrogen-bond donors (Lipinski definition) is 1. The highest BCUT2D eigenvalue weighted by atomic mass is 79.9. The largest absolute Gasteiger partial charge is 0.400 e. The van der Waals surface area contributed by atoms with Gasteiger partial charge >= 0.3 is 0 Å². The first-order chi connectivity index (χ1) is 5.20. The van der Waals surface area contributed by atoms with Gasteiger partial charge in [-0.1, -0.05) is 22.0 Å². The van der Waals surface area contributed by atoms with Gasteiger partial charge in [-0.25, -0.2) is 0 Å². The number of aliphatic hydroxyl groups is 1. The van der Waals surface area contributed by atoms with Crippen LogP contribution >= 0.6 is 15.9 Å². The first-order valence-corrected chi connectivity index (χ1v) is 4.17. The Bertz CT molecular complexity index is 221. The van der Waals surface area contributed by atoms with Crippen LogP contribution in [0.5, 0.6) is 0 Å². The quantitative estimate of drug-likeness (QED) is 0.708. The van der Waals surface area contributed by atoms with Crippen molar-refractivity contribution in [2.24, 2.45) is 0 Å². The zero-order valence-electron chi connectivity index (χ0n) is 7.06. The third kappa shape index (κ3) is 3.54. The molecular formula is C9H13BrO. The molecule has 0 heterocycles. The smallest absolute Gasteiger partial charge is 0.0319 e. The highest BCUT2D eigenvalue weighted by Crippen LogP contribution is 2.14. The van der Waals surface area contributed by atoms with E-state index in [9.17, 15) is 0 Å². The Morgan fingerprint density at radius 2 is 1.64 bits per heavy atom. The minimum Gasteiger partial charge on any atom is -0.400 e. The molecule has 0 aromatic heterocycles. The highest BCUT2D eigenvalue weighted by molar-refractivity contribution is 9.10. The molecule has 1 aromatic carbocycles. The first kappa shape index (κ1) is 10.7. The maximum Gasteiger partial charge on any atom is 0.0319 e. The second kappa shape index (κ2) is 5.33. The lowest BCUT2D eigenvalue weighted by molar-refractivity contribution is 0.399. The Kier molecular flexibility index (Phi) is 5.16. The lowest BCUT2D eigenvalue weighted by Gasteiger charge is -1.97. The fraction of sp³-hybridized carbons (Fsp3) is 0.333. The SMILES string of the molecule is CO.Cc1ccc(Br)cc1C. The Morgan fingerprint density at radius 3 is 2.00 bits per heavy atom. The summed E-state index contributed by atoms with van der Waals surface area (Å²) in [6.45, 7) is 4.22. The summed E-state index contributed by atoms with van der Waals surface area (Å²) in [5.74, 6) is 0. The van der Waals surface area contributed by atoms with Gasteiger partial charge in [0.2, 0.25) is 0 Å². The van der Waals surface area contributed by atoms with Crippen LogP contribution in [0.3, 0.4) is 0 Å². The van der Waals surface area contributed by atoms with E-state index in [1.807, 2.05) is 0 Å². The molecule has 0 fully saturated rings. The summed E-state index contributed by atoms with van der Waals surface area (Å²) in [5, 5.41) is 7.00. The summed E-state index contributed by atoms with van der Waals surface area (Å²) < 4.78 is 1.16. The van der Waals surface area contributed by atoms with Gasteiger partial charge in [-0.3, -0.25) is 0 Å². The van der Waals surface area contributed by atoms with E-state index in [0.717, 1.165) is 11.6 Å². The van der Waals surface area contributed by atoms with Gasteiger partial charge in [-0.05, 0) is 37.1 Å². The summed E-state index contributed by atoms with van der Waals surface area (Å²) in [5.41, 5.74) is 2.68. The molecule has 1 aromatic rings. The van der Waals surface area contributed by atoms with Crippen molar-refractivity contribution in [3.63, 3.8) is 0 Å². The maximum absolute atomic E-state index is 7.00. The van der Waals surface area contributed by atoms with Gasteiger partial charge in [0.25, 0.3) is 0 Å². The molecular weight excluding hydrogens is 204 g/mol. The van der Waals surface area contributed by atoms with E-state index in [0.29, 0.717) is 0 Å². The monoisotopic (exact) mass is 216 g/mol. The van der Waals surface area contributed by atoms with Crippen LogP contribution < -0.4 is 0 Å². The molecule has 0 bridgehead atoms. The predicted octanol–water partition coefficient (Wildman–Crippen LogP) is 2.67. The molecule has 2 heteroatoms. The summed E-state index contributed by atoms with van der Waals surface area (Å²) >= 11 is 3.40. The minimum atomic E-state index is 1.00. The summed E-state index contributed by atoms with van der Waals surface area (Å²) in [4.78, 5) is 0. The van der Waals surface area contributed by atoms with Gasteiger partial charge in [-0.15, -0.1) is 0 Å². The third-order valence-electron chi connectivity index (χ3n) is 1.47. The Morgan fingerprint density at radius 1 is 1.09 bits per heavy atom. The van der Waals surface area contributed by atoms with Gasteiger partial charge in [0.15, 0.2) is 0 Å². The van der Waals surface area contributed by atoms with Gasteiger partial charge in [0.05, 0.1) is 0 Å². The van der Waals surface area contributed by atoms with Crippen molar-refractivity contribution in [3.05, 3.63) is 33.8 Å². The van der Waals surface area contributed by atoms with Crippen LogP contribution in [-0.4, -0.2) is 12.2 Å². The number of rotatable bonds is 0. The van der Waals surface area contributed by atoms with Crippen molar-refractivity contribution in [2.75, 3.05) is 7.11 Å². The molecule has 0 radical (unpaired) electrons. The Labute approximate surface area is 76.2 Å². The lowest BCUT2D eigenvalue weighted by atomic mass is 10.1.